The Kier molecular flexibility index (Phi) is 5.99. The highest BCUT2D eigenvalue weighted by Crippen LogP contribution is 2.34. The number of benzene rings is 2. The van der Waals surface area contributed by atoms with E-state index in [1.165, 1.54) is 9.80 Å². The molecule has 0 atom stereocenters. The predicted molar refractivity (Wildman–Crippen MR) is 108 cm³/mol. The molecule has 7 nitrogen and oxygen atoms in total. The van der Waals surface area contributed by atoms with Crippen molar-refractivity contribution >= 4 is 39.3 Å². The number of nitrogens with one attached hydrogen (secondary N) is 1. The van der Waals surface area contributed by atoms with Gasteiger partial charge in [0.15, 0.2) is 6.61 Å². The number of ether oxygens (including phenoxy) is 1. The summed E-state index contributed by atoms with van der Waals surface area (Å²) in [6, 6.07) is 12.3. The fourth-order valence-electron chi connectivity index (χ4n) is 2.78. The summed E-state index contributed by atoms with van der Waals surface area (Å²) in [4.78, 5) is 39.4. The maximum atomic E-state index is 12.4. The van der Waals surface area contributed by atoms with E-state index in [1.807, 2.05) is 0 Å². The molecule has 0 fully saturated rings. The Morgan fingerprint density at radius 2 is 1.89 bits per heavy atom. The minimum Gasteiger partial charge on any atom is -0.482 e. The fourth-order valence-corrected chi connectivity index (χ4v) is 3.12. The van der Waals surface area contributed by atoms with E-state index in [0.29, 0.717) is 23.5 Å². The summed E-state index contributed by atoms with van der Waals surface area (Å²) in [6.07, 6.45) is 0. The third-order valence-corrected chi connectivity index (χ3v) is 4.76. The first-order valence-electron chi connectivity index (χ1n) is 8.65. The first-order chi connectivity index (χ1) is 13.3. The van der Waals surface area contributed by atoms with E-state index in [2.05, 4.69) is 21.2 Å². The van der Waals surface area contributed by atoms with Crippen molar-refractivity contribution < 1.29 is 19.1 Å². The molecule has 1 heterocycles. The van der Waals surface area contributed by atoms with Gasteiger partial charge in [0.2, 0.25) is 5.91 Å². The van der Waals surface area contributed by atoms with Gasteiger partial charge in [-0.2, -0.15) is 0 Å². The van der Waals surface area contributed by atoms with Gasteiger partial charge in [-0.05, 0) is 35.9 Å². The number of halogens is 1. The van der Waals surface area contributed by atoms with Gasteiger partial charge in [-0.15, -0.1) is 0 Å². The molecule has 28 heavy (non-hydrogen) atoms. The molecule has 0 bridgehead atoms. The molecule has 0 spiro atoms. The maximum Gasteiger partial charge on any atom is 0.265 e. The quantitative estimate of drug-likeness (QED) is 0.764. The van der Waals surface area contributed by atoms with Crippen LogP contribution in [0.1, 0.15) is 15.9 Å². The number of hydrogen-bond donors (Lipinski definition) is 1. The van der Waals surface area contributed by atoms with Crippen LogP contribution in [0, 0.1) is 0 Å². The summed E-state index contributed by atoms with van der Waals surface area (Å²) in [7, 11) is 3.39. The normalized spacial score (nSPS) is 12.8. The molecule has 2 aromatic rings. The number of carbonyl (C=O) groups excluding carboxylic acids is 3. The van der Waals surface area contributed by atoms with Crippen molar-refractivity contribution in [3.05, 3.63) is 58.1 Å². The van der Waals surface area contributed by atoms with Crippen molar-refractivity contribution in [1.82, 2.24) is 10.2 Å². The maximum absolute atomic E-state index is 12.4. The van der Waals surface area contributed by atoms with Crippen molar-refractivity contribution in [3.63, 3.8) is 0 Å². The molecule has 1 N–H and O–H groups in total. The summed E-state index contributed by atoms with van der Waals surface area (Å²) < 4.78 is 6.26. The molecule has 146 valence electrons. The van der Waals surface area contributed by atoms with Crippen molar-refractivity contribution in [2.24, 2.45) is 0 Å². The van der Waals surface area contributed by atoms with Crippen LogP contribution in [0.5, 0.6) is 5.75 Å². The number of rotatable bonds is 5. The van der Waals surface area contributed by atoms with Crippen LogP contribution in [0.15, 0.2) is 46.9 Å². The van der Waals surface area contributed by atoms with Gasteiger partial charge in [-0.25, -0.2) is 0 Å². The topological polar surface area (TPSA) is 79.0 Å². The molecule has 1 aliphatic rings. The van der Waals surface area contributed by atoms with Crippen LogP contribution in [0.3, 0.4) is 0 Å². The van der Waals surface area contributed by atoms with E-state index >= 15 is 0 Å². The zero-order valence-corrected chi connectivity index (χ0v) is 17.2. The van der Waals surface area contributed by atoms with E-state index in [4.69, 9.17) is 4.74 Å². The Morgan fingerprint density at radius 3 is 2.57 bits per heavy atom. The Balaban J connectivity index is 1.60. The van der Waals surface area contributed by atoms with E-state index in [-0.39, 0.29) is 30.9 Å². The monoisotopic (exact) mass is 445 g/mol. The molecule has 0 aliphatic carbocycles. The molecule has 0 radical (unpaired) electrons. The lowest BCUT2D eigenvalue weighted by atomic mass is 10.1. The fraction of sp³-hybridized carbons (Fsp3) is 0.250. The van der Waals surface area contributed by atoms with E-state index in [9.17, 15) is 14.4 Å². The van der Waals surface area contributed by atoms with Gasteiger partial charge >= 0.3 is 0 Å². The van der Waals surface area contributed by atoms with E-state index < -0.39 is 0 Å². The Hall–Kier alpha value is -2.87. The van der Waals surface area contributed by atoms with Crippen LogP contribution in [-0.4, -0.2) is 49.9 Å². The molecule has 1 aliphatic heterocycles. The lowest BCUT2D eigenvalue weighted by molar-refractivity contribution is -0.125. The Morgan fingerprint density at radius 1 is 1.18 bits per heavy atom. The minimum atomic E-state index is -0.280. The zero-order valence-electron chi connectivity index (χ0n) is 15.6. The first-order valence-corrected chi connectivity index (χ1v) is 9.44. The van der Waals surface area contributed by atoms with E-state index in [0.717, 1.165) is 10.0 Å². The minimum absolute atomic E-state index is 0.0771. The van der Waals surface area contributed by atoms with Crippen molar-refractivity contribution in [1.29, 1.82) is 0 Å². The van der Waals surface area contributed by atoms with Crippen molar-refractivity contribution in [3.8, 4) is 5.75 Å². The Labute approximate surface area is 171 Å². The molecule has 0 saturated carbocycles. The first kappa shape index (κ1) is 19.9. The molecular formula is C20H20BrN3O4. The van der Waals surface area contributed by atoms with Gasteiger partial charge in [0, 0.05) is 30.7 Å². The standard InChI is InChI=1S/C20H20BrN3O4/c1-23(2)20(27)14-5-3-13(4-6-14)10-22-18(25)11-24-16-8-7-15(21)9-17(16)28-12-19(24)26/h3-9H,10-12H2,1-2H3,(H,22,25). The number of hydrogen-bond acceptors (Lipinski definition) is 4. The molecule has 0 unspecified atom stereocenters. The van der Waals surface area contributed by atoms with Gasteiger partial charge in [-0.3, -0.25) is 19.3 Å². The molecule has 0 saturated heterocycles. The number of amides is 3. The Bertz CT molecular complexity index is 912. The lowest BCUT2D eigenvalue weighted by Gasteiger charge is -2.29. The molecular weight excluding hydrogens is 426 g/mol. The van der Waals surface area contributed by atoms with E-state index in [1.54, 1.807) is 56.6 Å². The highest BCUT2D eigenvalue weighted by Gasteiger charge is 2.27. The molecule has 3 amide bonds. The van der Waals surface area contributed by atoms with Crippen LogP contribution in [0.25, 0.3) is 0 Å². The summed E-state index contributed by atoms with van der Waals surface area (Å²) >= 11 is 3.36. The second kappa shape index (κ2) is 8.43. The summed E-state index contributed by atoms with van der Waals surface area (Å²) in [6.45, 7) is 0.118. The van der Waals surface area contributed by atoms with Gasteiger partial charge in [-0.1, -0.05) is 28.1 Å². The van der Waals surface area contributed by atoms with Crippen molar-refractivity contribution in [2.45, 2.75) is 6.54 Å². The van der Waals surface area contributed by atoms with Crippen LogP contribution in [0.2, 0.25) is 0 Å². The number of anilines is 1. The summed E-state index contributed by atoms with van der Waals surface area (Å²) in [5, 5.41) is 2.80. The average Bonchev–Trinajstić information content (AvgIpc) is 2.68. The van der Waals surface area contributed by atoms with Crippen LogP contribution >= 0.6 is 15.9 Å². The van der Waals surface area contributed by atoms with Crippen LogP contribution in [-0.2, 0) is 16.1 Å². The molecule has 3 rings (SSSR count). The van der Waals surface area contributed by atoms with Crippen LogP contribution in [0.4, 0.5) is 5.69 Å². The predicted octanol–water partition coefficient (Wildman–Crippen LogP) is 2.19. The summed E-state index contributed by atoms with van der Waals surface area (Å²) in [5.74, 6) is -0.0660. The molecule has 2 aromatic carbocycles. The highest BCUT2D eigenvalue weighted by atomic mass is 79.9. The second-order valence-corrected chi connectivity index (χ2v) is 7.47. The van der Waals surface area contributed by atoms with Crippen molar-refractivity contribution in [2.75, 3.05) is 32.1 Å². The van der Waals surface area contributed by atoms with Crippen LogP contribution < -0.4 is 15.0 Å². The number of fused-ring (bicyclic) bond motifs is 1. The third kappa shape index (κ3) is 4.51. The smallest absolute Gasteiger partial charge is 0.265 e. The second-order valence-electron chi connectivity index (χ2n) is 6.55. The molecule has 8 heteroatoms. The lowest BCUT2D eigenvalue weighted by Crippen LogP contribution is -2.45. The summed E-state index contributed by atoms with van der Waals surface area (Å²) in [5.41, 5.74) is 2.02. The number of carbonyl (C=O) groups is 3. The van der Waals surface area contributed by atoms with Gasteiger partial charge in [0.25, 0.3) is 11.8 Å². The van der Waals surface area contributed by atoms with Gasteiger partial charge in [0.1, 0.15) is 12.3 Å². The SMILES string of the molecule is CN(C)C(=O)c1ccc(CNC(=O)CN2C(=O)COc3cc(Br)ccc32)cc1. The largest absolute Gasteiger partial charge is 0.482 e. The van der Waals surface area contributed by atoms with Gasteiger partial charge in [0.05, 0.1) is 5.69 Å². The number of nitrogens with zero attached hydrogens (tertiary/aromatic N) is 2. The molecule has 0 aromatic heterocycles. The van der Waals surface area contributed by atoms with Gasteiger partial charge < -0.3 is 15.0 Å². The highest BCUT2D eigenvalue weighted by molar-refractivity contribution is 9.10. The zero-order chi connectivity index (χ0) is 20.3. The average molecular weight is 446 g/mol. The third-order valence-electron chi connectivity index (χ3n) is 4.26.